The summed E-state index contributed by atoms with van der Waals surface area (Å²) in [6.07, 6.45) is 9.45. The number of nitrogens with one attached hydrogen (secondary N) is 1. The summed E-state index contributed by atoms with van der Waals surface area (Å²) in [4.78, 5) is 23.7. The molecule has 6 nitrogen and oxygen atoms in total. The van der Waals surface area contributed by atoms with Crippen molar-refractivity contribution in [1.82, 2.24) is 14.8 Å². The topological polar surface area (TPSA) is 76.9 Å². The minimum absolute atomic E-state index is 0.0139. The van der Waals surface area contributed by atoms with E-state index in [1.165, 1.54) is 57.2 Å². The molecule has 0 unspecified atom stereocenters. The second-order valence-electron chi connectivity index (χ2n) is 10.0. The number of carbonyl (C=O) groups excluding carboxylic acids is 2. The van der Waals surface area contributed by atoms with Gasteiger partial charge in [0.2, 0.25) is 5.91 Å². The predicted molar refractivity (Wildman–Crippen MR) is 121 cm³/mol. The molecule has 7 heteroatoms. The molecule has 4 aliphatic carbocycles. The molecule has 1 N–H and O–H groups in total. The molecule has 164 valence electrons. The Morgan fingerprint density at radius 3 is 2.26 bits per heavy atom. The summed E-state index contributed by atoms with van der Waals surface area (Å²) in [5.41, 5.74) is 1.76. The Balaban J connectivity index is 1.18. The van der Waals surface area contributed by atoms with Crippen LogP contribution in [0, 0.1) is 23.2 Å². The number of anilines is 1. The fourth-order valence-electron chi connectivity index (χ4n) is 6.58. The number of carbonyl (C=O) groups is 2. The van der Waals surface area contributed by atoms with Gasteiger partial charge in [-0.2, -0.15) is 0 Å². The molecule has 4 aliphatic rings. The molecule has 4 saturated carbocycles. The monoisotopic (exact) mass is 438 g/mol. The van der Waals surface area contributed by atoms with Crippen molar-refractivity contribution >= 4 is 29.1 Å². The van der Waals surface area contributed by atoms with Crippen molar-refractivity contribution in [2.45, 2.75) is 57.0 Å². The zero-order valence-electron chi connectivity index (χ0n) is 18.3. The molecule has 1 amide bonds. The summed E-state index contributed by atoms with van der Waals surface area (Å²) in [5.74, 6) is 4.05. The van der Waals surface area contributed by atoms with Crippen molar-refractivity contribution in [3.63, 3.8) is 0 Å². The molecule has 4 fully saturated rings. The summed E-state index contributed by atoms with van der Waals surface area (Å²) in [5, 5.41) is 12.6. The van der Waals surface area contributed by atoms with Crippen LogP contribution < -0.4 is 5.32 Å². The quantitative estimate of drug-likeness (QED) is 0.508. The Bertz CT molecular complexity index is 962. The summed E-state index contributed by atoms with van der Waals surface area (Å²) in [6.45, 7) is 1.53. The first kappa shape index (κ1) is 20.7. The molecule has 1 aromatic heterocycles. The minimum Gasteiger partial charge on any atom is -0.325 e. The lowest BCUT2D eigenvalue weighted by atomic mass is 9.49. The number of amides is 1. The van der Waals surface area contributed by atoms with E-state index in [0.29, 0.717) is 16.7 Å². The highest BCUT2D eigenvalue weighted by atomic mass is 32.2. The van der Waals surface area contributed by atoms with Crippen molar-refractivity contribution in [1.29, 1.82) is 0 Å². The Kier molecular flexibility index (Phi) is 5.40. The second kappa shape index (κ2) is 8.08. The van der Waals surface area contributed by atoms with Gasteiger partial charge in [0.15, 0.2) is 10.9 Å². The highest BCUT2D eigenvalue weighted by Crippen LogP contribution is 2.60. The van der Waals surface area contributed by atoms with Gasteiger partial charge in [-0.25, -0.2) is 0 Å². The van der Waals surface area contributed by atoms with Crippen LogP contribution >= 0.6 is 11.8 Å². The first-order valence-corrected chi connectivity index (χ1v) is 12.3. The summed E-state index contributed by atoms with van der Waals surface area (Å²) in [6, 6.07) is 6.96. The largest absolute Gasteiger partial charge is 0.325 e. The van der Waals surface area contributed by atoms with Crippen LogP contribution in [0.3, 0.4) is 0 Å². The summed E-state index contributed by atoms with van der Waals surface area (Å²) >= 11 is 1.42. The van der Waals surface area contributed by atoms with Crippen molar-refractivity contribution in [3.8, 4) is 0 Å². The maximum Gasteiger partial charge on any atom is 0.234 e. The van der Waals surface area contributed by atoms with E-state index >= 15 is 0 Å². The Labute approximate surface area is 187 Å². The van der Waals surface area contributed by atoms with Gasteiger partial charge in [0, 0.05) is 24.7 Å². The van der Waals surface area contributed by atoms with Crippen LogP contribution in [0.2, 0.25) is 0 Å². The van der Waals surface area contributed by atoms with Gasteiger partial charge in [0.25, 0.3) is 0 Å². The zero-order valence-corrected chi connectivity index (χ0v) is 19.1. The van der Waals surface area contributed by atoms with E-state index < -0.39 is 0 Å². The van der Waals surface area contributed by atoms with Crippen molar-refractivity contribution < 1.29 is 9.59 Å². The standard InChI is InChI=1S/C24H30N4O2S/c1-15(29)19-3-5-20(6-4-19)25-22(30)14-31-23-27-26-21(28(23)2)13-24-10-16-7-17(11-24)9-18(8-16)12-24/h3-6,16-18H,7-14H2,1-2H3,(H,25,30). The maximum atomic E-state index is 12.4. The lowest BCUT2D eigenvalue weighted by Gasteiger charge is -2.56. The second-order valence-corrected chi connectivity index (χ2v) is 11.0. The number of aromatic nitrogens is 3. The third-order valence-corrected chi connectivity index (χ3v) is 8.55. The fourth-order valence-corrected chi connectivity index (χ4v) is 7.31. The SMILES string of the molecule is CC(=O)c1ccc(NC(=O)CSc2nnc(CC34CC5CC(CC(C5)C3)C4)n2C)cc1. The highest BCUT2D eigenvalue weighted by Gasteiger charge is 2.51. The van der Waals surface area contributed by atoms with Crippen molar-refractivity contribution in [2.24, 2.45) is 30.2 Å². The molecule has 2 aromatic rings. The Morgan fingerprint density at radius 1 is 1.06 bits per heavy atom. The Morgan fingerprint density at radius 2 is 1.68 bits per heavy atom. The van der Waals surface area contributed by atoms with Gasteiger partial charge >= 0.3 is 0 Å². The van der Waals surface area contributed by atoms with E-state index in [9.17, 15) is 9.59 Å². The van der Waals surface area contributed by atoms with Gasteiger partial charge in [-0.05, 0) is 92.9 Å². The number of ketones is 1. The molecule has 4 bridgehead atoms. The van der Waals surface area contributed by atoms with Crippen LogP contribution in [0.25, 0.3) is 0 Å². The first-order valence-electron chi connectivity index (χ1n) is 11.3. The average molecular weight is 439 g/mol. The molecular formula is C24H30N4O2S. The molecule has 0 spiro atoms. The normalized spacial score (nSPS) is 28.6. The third kappa shape index (κ3) is 4.29. The number of nitrogens with zero attached hydrogens (tertiary/aromatic N) is 3. The maximum absolute atomic E-state index is 12.4. The van der Waals surface area contributed by atoms with E-state index in [2.05, 4.69) is 20.1 Å². The van der Waals surface area contributed by atoms with Crippen LogP contribution in [0.4, 0.5) is 5.69 Å². The van der Waals surface area contributed by atoms with Crippen LogP contribution in [0.15, 0.2) is 29.4 Å². The molecule has 1 aromatic carbocycles. The van der Waals surface area contributed by atoms with Gasteiger partial charge in [-0.15, -0.1) is 10.2 Å². The van der Waals surface area contributed by atoms with E-state index in [-0.39, 0.29) is 17.4 Å². The van der Waals surface area contributed by atoms with Crippen LogP contribution in [-0.2, 0) is 18.3 Å². The van der Waals surface area contributed by atoms with Crippen molar-refractivity contribution in [2.75, 3.05) is 11.1 Å². The van der Waals surface area contributed by atoms with Gasteiger partial charge in [-0.3, -0.25) is 9.59 Å². The smallest absolute Gasteiger partial charge is 0.234 e. The van der Waals surface area contributed by atoms with Gasteiger partial charge in [-0.1, -0.05) is 11.8 Å². The lowest BCUT2D eigenvalue weighted by Crippen LogP contribution is -2.47. The minimum atomic E-state index is -0.0915. The van der Waals surface area contributed by atoms with Gasteiger partial charge in [0.1, 0.15) is 5.82 Å². The van der Waals surface area contributed by atoms with E-state index in [1.54, 1.807) is 24.3 Å². The number of hydrogen-bond acceptors (Lipinski definition) is 5. The third-order valence-electron chi connectivity index (χ3n) is 7.53. The molecule has 0 aliphatic heterocycles. The van der Waals surface area contributed by atoms with E-state index in [0.717, 1.165) is 35.2 Å². The Hall–Kier alpha value is -2.15. The molecule has 0 radical (unpaired) electrons. The van der Waals surface area contributed by atoms with Crippen molar-refractivity contribution in [3.05, 3.63) is 35.7 Å². The summed E-state index contributed by atoms with van der Waals surface area (Å²) < 4.78 is 2.08. The number of benzene rings is 1. The molecule has 0 saturated heterocycles. The molecular weight excluding hydrogens is 408 g/mol. The predicted octanol–water partition coefficient (Wildman–Crippen LogP) is 4.51. The van der Waals surface area contributed by atoms with E-state index in [4.69, 9.17) is 0 Å². The van der Waals surface area contributed by atoms with Gasteiger partial charge < -0.3 is 9.88 Å². The number of hydrogen-bond donors (Lipinski definition) is 1. The number of thioether (sulfide) groups is 1. The summed E-state index contributed by atoms with van der Waals surface area (Å²) in [7, 11) is 2.02. The van der Waals surface area contributed by atoms with Crippen LogP contribution in [0.1, 0.15) is 61.6 Å². The average Bonchev–Trinajstić information content (AvgIpc) is 3.04. The van der Waals surface area contributed by atoms with Gasteiger partial charge in [0.05, 0.1) is 5.75 Å². The highest BCUT2D eigenvalue weighted by molar-refractivity contribution is 7.99. The van der Waals surface area contributed by atoms with Crippen LogP contribution in [0.5, 0.6) is 0 Å². The molecule has 31 heavy (non-hydrogen) atoms. The first-order chi connectivity index (χ1) is 14.9. The number of rotatable bonds is 7. The molecule has 6 rings (SSSR count). The zero-order chi connectivity index (χ0) is 21.6. The number of Topliss-reactive ketones (excluding diaryl/α,β-unsaturated/α-hetero) is 1. The molecule has 1 heterocycles. The van der Waals surface area contributed by atoms with E-state index in [1.807, 2.05) is 7.05 Å². The fraction of sp³-hybridized carbons (Fsp3) is 0.583. The lowest BCUT2D eigenvalue weighted by molar-refractivity contribution is -0.113. The van der Waals surface area contributed by atoms with Crippen LogP contribution in [-0.4, -0.2) is 32.2 Å². The molecule has 0 atom stereocenters.